The van der Waals surface area contributed by atoms with Crippen molar-refractivity contribution >= 4 is 17.3 Å². The van der Waals surface area contributed by atoms with Crippen LogP contribution in [0.1, 0.15) is 11.1 Å². The van der Waals surface area contributed by atoms with E-state index in [4.69, 9.17) is 21.1 Å². The topological polar surface area (TPSA) is 42.5 Å². The van der Waals surface area contributed by atoms with Crippen molar-refractivity contribution in [1.29, 1.82) is 0 Å². The van der Waals surface area contributed by atoms with Gasteiger partial charge in [-0.2, -0.15) is 0 Å². The number of para-hydroxylation sites is 1. The number of methoxy groups -OCH3 is 1. The van der Waals surface area contributed by atoms with Gasteiger partial charge in [0.2, 0.25) is 0 Å². The second-order valence-electron chi connectivity index (χ2n) is 5.73. The molecule has 0 aliphatic carbocycles. The molecule has 0 heterocycles. The van der Waals surface area contributed by atoms with Crippen LogP contribution in [0, 0.1) is 0 Å². The fourth-order valence-corrected chi connectivity index (χ4v) is 2.80. The summed E-state index contributed by atoms with van der Waals surface area (Å²) in [4.78, 5) is 0. The summed E-state index contributed by atoms with van der Waals surface area (Å²) in [5, 5.41) is 0.525. The number of benzene rings is 3. The molecule has 0 saturated heterocycles. The average Bonchev–Trinajstić information content (AvgIpc) is 2.68. The van der Waals surface area contributed by atoms with Gasteiger partial charge in [-0.15, -0.1) is 0 Å². The predicted octanol–water partition coefficient (Wildman–Crippen LogP) is 5.04. The van der Waals surface area contributed by atoms with Crippen LogP contribution < -0.4 is 20.3 Å². The van der Waals surface area contributed by atoms with E-state index in [0.717, 1.165) is 16.8 Å². The third kappa shape index (κ3) is 4.91. The maximum absolute atomic E-state index is 6.42. The van der Waals surface area contributed by atoms with Crippen molar-refractivity contribution < 1.29 is 9.47 Å². The number of hydrogen-bond donors (Lipinski definition) is 2. The van der Waals surface area contributed by atoms with Gasteiger partial charge >= 0.3 is 0 Å². The molecule has 3 aromatic rings. The molecule has 0 aliphatic rings. The fraction of sp³-hybridized carbons (Fsp3) is 0.143. The summed E-state index contributed by atoms with van der Waals surface area (Å²) in [5.74, 6) is 1.17. The molecule has 0 bridgehead atoms. The highest BCUT2D eigenvalue weighted by atomic mass is 35.5. The molecule has 4 nitrogen and oxygen atoms in total. The normalized spacial score (nSPS) is 10.4. The zero-order valence-corrected chi connectivity index (χ0v) is 15.3. The van der Waals surface area contributed by atoms with Crippen molar-refractivity contribution in [3.63, 3.8) is 0 Å². The Labute approximate surface area is 158 Å². The van der Waals surface area contributed by atoms with Gasteiger partial charge in [-0.05, 0) is 35.4 Å². The molecule has 0 fully saturated rings. The Kier molecular flexibility index (Phi) is 6.36. The first kappa shape index (κ1) is 18.1. The molecular formula is C21H21ClN2O2. The first-order valence-corrected chi connectivity index (χ1v) is 8.71. The average molecular weight is 369 g/mol. The van der Waals surface area contributed by atoms with Crippen LogP contribution in [-0.2, 0) is 13.2 Å². The molecular weight excluding hydrogens is 348 g/mol. The largest absolute Gasteiger partial charge is 0.493 e. The fourth-order valence-electron chi connectivity index (χ4n) is 2.51. The van der Waals surface area contributed by atoms with Crippen molar-refractivity contribution in [2.75, 3.05) is 12.5 Å². The molecule has 0 aromatic heterocycles. The van der Waals surface area contributed by atoms with Gasteiger partial charge in [0, 0.05) is 12.2 Å². The second-order valence-corrected chi connectivity index (χ2v) is 6.14. The molecule has 3 aromatic carbocycles. The lowest BCUT2D eigenvalue weighted by atomic mass is 10.2. The predicted molar refractivity (Wildman–Crippen MR) is 106 cm³/mol. The maximum Gasteiger partial charge on any atom is 0.180 e. The minimum atomic E-state index is 0.435. The lowest BCUT2D eigenvalue weighted by molar-refractivity contribution is 0.284. The van der Waals surface area contributed by atoms with Crippen LogP contribution in [0.15, 0.2) is 72.8 Å². The van der Waals surface area contributed by atoms with E-state index in [1.807, 2.05) is 72.8 Å². The standard InChI is InChI=1S/C21H21ClN2O2/c1-25-20-13-17(14-23-24-18-10-6-3-7-11-18)12-19(22)21(20)26-15-16-8-4-2-5-9-16/h2-13,23-24H,14-15H2,1H3. The van der Waals surface area contributed by atoms with E-state index < -0.39 is 0 Å². The summed E-state index contributed by atoms with van der Waals surface area (Å²) in [5.41, 5.74) is 9.37. The van der Waals surface area contributed by atoms with Crippen LogP contribution in [0.3, 0.4) is 0 Å². The van der Waals surface area contributed by atoms with Crippen molar-refractivity contribution in [3.05, 3.63) is 88.9 Å². The smallest absolute Gasteiger partial charge is 0.180 e. The van der Waals surface area contributed by atoms with E-state index in [9.17, 15) is 0 Å². The highest BCUT2D eigenvalue weighted by molar-refractivity contribution is 6.32. The minimum absolute atomic E-state index is 0.435. The highest BCUT2D eigenvalue weighted by Crippen LogP contribution is 2.37. The summed E-state index contributed by atoms with van der Waals surface area (Å²) < 4.78 is 11.3. The maximum atomic E-state index is 6.42. The van der Waals surface area contributed by atoms with Gasteiger partial charge in [0.05, 0.1) is 12.1 Å². The summed E-state index contributed by atoms with van der Waals surface area (Å²) in [7, 11) is 1.61. The molecule has 2 N–H and O–H groups in total. The molecule has 5 heteroatoms. The van der Waals surface area contributed by atoms with Gasteiger partial charge in [0.15, 0.2) is 11.5 Å². The van der Waals surface area contributed by atoms with E-state index in [-0.39, 0.29) is 0 Å². The van der Waals surface area contributed by atoms with Crippen LogP contribution in [0.4, 0.5) is 5.69 Å². The number of hydrogen-bond acceptors (Lipinski definition) is 4. The summed E-state index contributed by atoms with van der Waals surface area (Å²) in [6.45, 7) is 1.02. The van der Waals surface area contributed by atoms with Gasteiger partial charge in [0.25, 0.3) is 0 Å². The number of ether oxygens (including phenoxy) is 2. The van der Waals surface area contributed by atoms with Crippen molar-refractivity contribution in [2.45, 2.75) is 13.2 Å². The Hall–Kier alpha value is -2.69. The lowest BCUT2D eigenvalue weighted by Crippen LogP contribution is -2.20. The Balaban J connectivity index is 1.64. The molecule has 0 amide bonds. The monoisotopic (exact) mass is 368 g/mol. The number of nitrogens with one attached hydrogen (secondary N) is 2. The third-order valence-electron chi connectivity index (χ3n) is 3.81. The quantitative estimate of drug-likeness (QED) is 0.546. The van der Waals surface area contributed by atoms with E-state index >= 15 is 0 Å². The van der Waals surface area contributed by atoms with Crippen LogP contribution in [0.5, 0.6) is 11.5 Å². The Morgan fingerprint density at radius 3 is 2.27 bits per heavy atom. The number of halogens is 1. The molecule has 0 saturated carbocycles. The molecule has 3 rings (SSSR count). The molecule has 26 heavy (non-hydrogen) atoms. The Bertz CT molecular complexity index is 826. The lowest BCUT2D eigenvalue weighted by Gasteiger charge is -2.15. The molecule has 0 unspecified atom stereocenters. The molecule has 0 radical (unpaired) electrons. The number of hydrazine groups is 1. The first-order chi connectivity index (χ1) is 12.8. The zero-order chi connectivity index (χ0) is 18.2. The van der Waals surface area contributed by atoms with Gasteiger partial charge in [0.1, 0.15) is 6.61 Å². The summed E-state index contributed by atoms with van der Waals surface area (Å²) >= 11 is 6.42. The van der Waals surface area contributed by atoms with Crippen LogP contribution in [0.2, 0.25) is 5.02 Å². The van der Waals surface area contributed by atoms with E-state index in [1.54, 1.807) is 7.11 Å². The van der Waals surface area contributed by atoms with Crippen molar-refractivity contribution in [1.82, 2.24) is 5.43 Å². The van der Waals surface area contributed by atoms with E-state index in [1.165, 1.54) is 0 Å². The second kappa shape index (κ2) is 9.13. The van der Waals surface area contributed by atoms with E-state index in [0.29, 0.717) is 29.7 Å². The Morgan fingerprint density at radius 1 is 0.885 bits per heavy atom. The number of anilines is 1. The van der Waals surface area contributed by atoms with Gasteiger partial charge in [-0.3, -0.25) is 0 Å². The number of rotatable bonds is 8. The van der Waals surface area contributed by atoms with Gasteiger partial charge in [-0.25, -0.2) is 5.43 Å². The molecule has 0 aliphatic heterocycles. The zero-order valence-electron chi connectivity index (χ0n) is 14.5. The van der Waals surface area contributed by atoms with Crippen molar-refractivity contribution in [3.8, 4) is 11.5 Å². The third-order valence-corrected chi connectivity index (χ3v) is 4.10. The SMILES string of the molecule is COc1cc(CNNc2ccccc2)cc(Cl)c1OCc1ccccc1. The molecule has 0 atom stereocenters. The Morgan fingerprint density at radius 2 is 1.58 bits per heavy atom. The minimum Gasteiger partial charge on any atom is -0.493 e. The van der Waals surface area contributed by atoms with Crippen LogP contribution in [-0.4, -0.2) is 7.11 Å². The van der Waals surface area contributed by atoms with Gasteiger partial charge < -0.3 is 14.9 Å². The van der Waals surface area contributed by atoms with Gasteiger partial charge in [-0.1, -0.05) is 60.1 Å². The highest BCUT2D eigenvalue weighted by Gasteiger charge is 2.12. The van der Waals surface area contributed by atoms with Crippen LogP contribution in [0.25, 0.3) is 0 Å². The van der Waals surface area contributed by atoms with Crippen molar-refractivity contribution in [2.24, 2.45) is 0 Å². The first-order valence-electron chi connectivity index (χ1n) is 8.33. The molecule has 134 valence electrons. The van der Waals surface area contributed by atoms with E-state index in [2.05, 4.69) is 10.9 Å². The molecule has 0 spiro atoms. The summed E-state index contributed by atoms with van der Waals surface area (Å²) in [6, 6.07) is 23.6. The van der Waals surface area contributed by atoms with Crippen LogP contribution >= 0.6 is 11.6 Å². The summed E-state index contributed by atoms with van der Waals surface area (Å²) in [6.07, 6.45) is 0.